The van der Waals surface area contributed by atoms with E-state index in [4.69, 9.17) is 9.47 Å². The number of rotatable bonds is 37. The molecule has 5 nitrogen and oxygen atoms in total. The second kappa shape index (κ2) is 36.1. The van der Waals surface area contributed by atoms with Gasteiger partial charge in [0.15, 0.2) is 0 Å². The zero-order chi connectivity index (χ0) is 44.3. The molecule has 0 aromatic rings. The van der Waals surface area contributed by atoms with E-state index in [1.165, 1.54) is 163 Å². The van der Waals surface area contributed by atoms with Crippen molar-refractivity contribution in [2.75, 3.05) is 27.2 Å². The quantitative estimate of drug-likeness (QED) is 0.0385. The van der Waals surface area contributed by atoms with Gasteiger partial charge in [0.25, 0.3) is 0 Å². The first-order valence-corrected chi connectivity index (χ1v) is 25.4. The van der Waals surface area contributed by atoms with Crippen molar-refractivity contribution in [3.05, 3.63) is 58.7 Å². The van der Waals surface area contributed by atoms with Gasteiger partial charge in [-0.1, -0.05) is 184 Å². The van der Waals surface area contributed by atoms with Crippen LogP contribution in [0.5, 0.6) is 0 Å². The number of esters is 2. The van der Waals surface area contributed by atoms with Crippen LogP contribution in [-0.4, -0.2) is 45.3 Å². The van der Waals surface area contributed by atoms with Gasteiger partial charge in [-0.15, -0.1) is 0 Å². The van der Waals surface area contributed by atoms with Gasteiger partial charge in [-0.05, 0) is 108 Å². The van der Waals surface area contributed by atoms with Crippen molar-refractivity contribution in [3.63, 3.8) is 0 Å². The van der Waals surface area contributed by atoms with Gasteiger partial charge in [0.05, 0.1) is 20.6 Å². The van der Waals surface area contributed by atoms with E-state index in [9.17, 15) is 9.59 Å². The fourth-order valence-corrected chi connectivity index (χ4v) is 8.71. The summed E-state index contributed by atoms with van der Waals surface area (Å²) in [5, 5.41) is 0. The van der Waals surface area contributed by atoms with Crippen LogP contribution in [0.25, 0.3) is 0 Å². The number of hydrogen-bond acceptors (Lipinski definition) is 4. The Balaban J connectivity index is 2.33. The third-order valence-electron chi connectivity index (χ3n) is 12.8. The Morgan fingerprint density at radius 2 is 1.22 bits per heavy atom. The molecule has 1 atom stereocenters. The largest absolute Gasteiger partial charge is 0.462 e. The molecule has 0 spiro atoms. The maximum atomic E-state index is 12.8. The third kappa shape index (κ3) is 30.6. The van der Waals surface area contributed by atoms with Crippen LogP contribution in [0.3, 0.4) is 0 Å². The Kier molecular flexibility index (Phi) is 33.5. The van der Waals surface area contributed by atoms with Crippen LogP contribution in [0.4, 0.5) is 0 Å². The zero-order valence-electron chi connectivity index (χ0n) is 41.2. The molecule has 0 radical (unpaired) electrons. The molecule has 1 rings (SSSR count). The van der Waals surface area contributed by atoms with Crippen LogP contribution in [0.15, 0.2) is 58.7 Å². The van der Waals surface area contributed by atoms with Crippen LogP contribution >= 0.6 is 0 Å². The minimum Gasteiger partial charge on any atom is -0.462 e. The molecule has 60 heavy (non-hydrogen) atoms. The van der Waals surface area contributed by atoms with Crippen LogP contribution in [-0.2, 0) is 19.1 Å². The third-order valence-corrected chi connectivity index (χ3v) is 12.8. The van der Waals surface area contributed by atoms with E-state index < -0.39 is 0 Å². The first-order valence-electron chi connectivity index (χ1n) is 25.4. The number of quaternary nitrogens is 1. The number of allylic oxidation sites excluding steroid dienone is 9. The fraction of sp³-hybridized carbons (Fsp3) is 0.782. The normalized spacial score (nSPS) is 15.6. The molecule has 1 aliphatic carbocycles. The summed E-state index contributed by atoms with van der Waals surface area (Å²) in [5.41, 5.74) is 5.59. The Bertz CT molecular complexity index is 1250. The van der Waals surface area contributed by atoms with Gasteiger partial charge in [-0.2, -0.15) is 0 Å². The molecular weight excluding hydrogens is 739 g/mol. The second-order valence-electron chi connectivity index (χ2n) is 19.6. The number of ether oxygens (including phenoxy) is 2. The topological polar surface area (TPSA) is 57.0 Å². The number of nitrogens with one attached hydrogen (secondary N) is 1. The lowest BCUT2D eigenvalue weighted by molar-refractivity contribution is -0.858. The highest BCUT2D eigenvalue weighted by atomic mass is 16.5. The highest BCUT2D eigenvalue weighted by molar-refractivity contribution is 5.69. The van der Waals surface area contributed by atoms with Gasteiger partial charge in [0.1, 0.15) is 12.7 Å². The van der Waals surface area contributed by atoms with Crippen molar-refractivity contribution in [2.24, 2.45) is 11.3 Å². The summed E-state index contributed by atoms with van der Waals surface area (Å²) in [6.07, 6.45) is 46.7. The monoisotopic (exact) mass is 837 g/mol. The molecule has 0 aliphatic heterocycles. The Hall–Kier alpha value is -2.40. The van der Waals surface area contributed by atoms with Gasteiger partial charge in [0, 0.05) is 12.8 Å². The Labute approximate surface area is 372 Å². The first-order chi connectivity index (χ1) is 28.9. The Morgan fingerprint density at radius 1 is 0.683 bits per heavy atom. The lowest BCUT2D eigenvalue weighted by Gasteiger charge is -2.32. The lowest BCUT2D eigenvalue weighted by atomic mass is 9.72. The second-order valence-corrected chi connectivity index (χ2v) is 19.6. The summed E-state index contributed by atoms with van der Waals surface area (Å²) < 4.78 is 11.6. The molecule has 0 saturated carbocycles. The smallest absolute Gasteiger partial charge is 0.306 e. The zero-order valence-corrected chi connectivity index (χ0v) is 41.2. The van der Waals surface area contributed by atoms with E-state index in [1.807, 2.05) is 6.08 Å². The van der Waals surface area contributed by atoms with Gasteiger partial charge in [0.2, 0.25) is 0 Å². The highest BCUT2D eigenvalue weighted by Crippen LogP contribution is 2.40. The number of carbonyl (C=O) groups excluding carboxylic acids is 2. The molecule has 1 unspecified atom stereocenters. The molecule has 0 aromatic carbocycles. The standard InChI is InChI=1S/C55H97NO4/c1-10-12-14-16-18-25-36-51(37-26-19-17-15-13-11-2)60-54(58)39-27-21-20-23-34-50(42-45-56(8)9)35-24-22-28-38-53(57)59-46-43-48(4)32-29-31-47(3)40-41-52-49(5)33-30-44-55(52,6)7/h29,31-32,40-41,43,50-51H,10-28,30,33-39,42,44-46H2,1-9H3/p+1/b32-29+,41-40+,47-31+,48-43+. The van der Waals surface area contributed by atoms with Crippen LogP contribution in [0.1, 0.15) is 235 Å². The van der Waals surface area contributed by atoms with Gasteiger partial charge < -0.3 is 14.4 Å². The van der Waals surface area contributed by atoms with E-state index in [0.29, 0.717) is 19.4 Å². The van der Waals surface area contributed by atoms with E-state index in [-0.39, 0.29) is 23.5 Å². The maximum Gasteiger partial charge on any atom is 0.306 e. The molecular formula is C55H98NO4+. The first kappa shape index (κ1) is 55.6. The van der Waals surface area contributed by atoms with Crippen molar-refractivity contribution in [3.8, 4) is 0 Å². The summed E-state index contributed by atoms with van der Waals surface area (Å²) in [4.78, 5) is 26.8. The summed E-state index contributed by atoms with van der Waals surface area (Å²) in [6, 6.07) is 0. The van der Waals surface area contributed by atoms with Gasteiger partial charge in [-0.3, -0.25) is 9.59 Å². The lowest BCUT2D eigenvalue weighted by Crippen LogP contribution is -3.05. The SMILES string of the molecule is CCCCCCCCC(CCCCCCCC)OC(=O)CCCCCCC(CCCCCC(=O)OC/C=C(C)/C=C/C=C(C)/C=C/C1=C(C)CCCC1(C)C)CC[NH+](C)C. The summed E-state index contributed by atoms with van der Waals surface area (Å²) in [7, 11) is 4.49. The number of carbonyl (C=O) groups is 2. The predicted octanol–water partition coefficient (Wildman–Crippen LogP) is 14.9. The van der Waals surface area contributed by atoms with E-state index >= 15 is 0 Å². The van der Waals surface area contributed by atoms with E-state index in [1.54, 1.807) is 0 Å². The number of hydrogen-bond donors (Lipinski definition) is 1. The molecule has 1 N–H and O–H groups in total. The highest BCUT2D eigenvalue weighted by Gasteiger charge is 2.26. The summed E-state index contributed by atoms with van der Waals surface area (Å²) in [6.45, 7) is 17.3. The average molecular weight is 837 g/mol. The van der Waals surface area contributed by atoms with E-state index in [0.717, 1.165) is 50.0 Å². The van der Waals surface area contributed by atoms with Crippen LogP contribution in [0, 0.1) is 11.3 Å². The van der Waals surface area contributed by atoms with Crippen molar-refractivity contribution >= 4 is 11.9 Å². The van der Waals surface area contributed by atoms with Crippen LogP contribution in [0.2, 0.25) is 0 Å². The minimum absolute atomic E-state index is 0.0285. The number of unbranched alkanes of at least 4 members (excludes halogenated alkanes) is 15. The molecule has 0 fully saturated rings. The molecule has 0 heterocycles. The predicted molar refractivity (Wildman–Crippen MR) is 260 cm³/mol. The van der Waals surface area contributed by atoms with Crippen molar-refractivity contribution in [2.45, 2.75) is 241 Å². The maximum absolute atomic E-state index is 12.8. The van der Waals surface area contributed by atoms with E-state index in [2.05, 4.69) is 92.9 Å². The van der Waals surface area contributed by atoms with Gasteiger partial charge >= 0.3 is 11.9 Å². The van der Waals surface area contributed by atoms with Crippen molar-refractivity contribution in [1.29, 1.82) is 0 Å². The summed E-state index contributed by atoms with van der Waals surface area (Å²) >= 11 is 0. The Morgan fingerprint density at radius 3 is 1.80 bits per heavy atom. The van der Waals surface area contributed by atoms with Crippen LogP contribution < -0.4 is 4.90 Å². The molecule has 1 aliphatic rings. The molecule has 0 aromatic heterocycles. The molecule has 346 valence electrons. The minimum atomic E-state index is -0.0955. The average Bonchev–Trinajstić information content (AvgIpc) is 3.19. The molecule has 0 amide bonds. The fourth-order valence-electron chi connectivity index (χ4n) is 8.71. The van der Waals surface area contributed by atoms with Gasteiger partial charge in [-0.25, -0.2) is 0 Å². The van der Waals surface area contributed by atoms with Crippen molar-refractivity contribution < 1.29 is 24.0 Å². The molecule has 0 bridgehead atoms. The molecule has 0 saturated heterocycles. The van der Waals surface area contributed by atoms with Crippen molar-refractivity contribution in [1.82, 2.24) is 0 Å². The molecule has 5 heteroatoms. The summed E-state index contributed by atoms with van der Waals surface area (Å²) in [5.74, 6) is 0.672.